The summed E-state index contributed by atoms with van der Waals surface area (Å²) in [5, 5.41) is 22.8. The molecule has 0 aliphatic heterocycles. The number of aliphatic hydroxyl groups excluding tert-OH is 1. The number of hydrogen-bond acceptors (Lipinski definition) is 6. The third kappa shape index (κ3) is 5.68. The number of carboxylic acids is 1. The fourth-order valence-electron chi connectivity index (χ4n) is 2.83. The Bertz CT molecular complexity index is 738. The van der Waals surface area contributed by atoms with Crippen LogP contribution in [-0.4, -0.2) is 48.6 Å². The quantitative estimate of drug-likeness (QED) is 0.494. The van der Waals surface area contributed by atoms with E-state index in [4.69, 9.17) is 15.2 Å². The number of methoxy groups -OCH3 is 2. The van der Waals surface area contributed by atoms with Crippen LogP contribution < -0.4 is 20.5 Å². The zero-order valence-corrected chi connectivity index (χ0v) is 15.5. The van der Waals surface area contributed by atoms with Crippen LogP contribution >= 0.6 is 0 Å². The number of benzene rings is 2. The topological polar surface area (TPSA) is 114 Å². The van der Waals surface area contributed by atoms with Gasteiger partial charge in [0.15, 0.2) is 11.5 Å². The first-order valence-electron chi connectivity index (χ1n) is 8.61. The van der Waals surface area contributed by atoms with Crippen molar-refractivity contribution in [1.82, 2.24) is 5.32 Å². The molecule has 7 nitrogen and oxygen atoms in total. The molecule has 0 aliphatic rings. The molecule has 0 fully saturated rings. The summed E-state index contributed by atoms with van der Waals surface area (Å²) in [7, 11) is 3.07. The molecule has 0 saturated heterocycles. The van der Waals surface area contributed by atoms with Gasteiger partial charge < -0.3 is 25.4 Å². The van der Waals surface area contributed by atoms with Gasteiger partial charge in [-0.1, -0.05) is 36.4 Å². The highest BCUT2D eigenvalue weighted by molar-refractivity contribution is 5.74. The Morgan fingerprint density at radius 2 is 1.74 bits per heavy atom. The van der Waals surface area contributed by atoms with E-state index in [0.29, 0.717) is 17.9 Å². The second-order valence-electron chi connectivity index (χ2n) is 6.23. The standard InChI is InChI=1S/C20H26N2O5/c1-26-16-9-8-14(11-17(16)27-2)12-22-18(20(24)25)19(23)15(21)10-13-6-4-3-5-7-13/h3-9,11,15,18-19,22-23H,10,12,21H2,1-2H3,(H,24,25)/t15-,18+,19+/m0/s1. The molecule has 2 aromatic carbocycles. The molecule has 0 bridgehead atoms. The predicted octanol–water partition coefficient (Wildman–Crippen LogP) is 1.18. The minimum absolute atomic E-state index is 0.229. The smallest absolute Gasteiger partial charge is 0.323 e. The normalized spacial score (nSPS) is 14.2. The molecule has 0 heterocycles. The summed E-state index contributed by atoms with van der Waals surface area (Å²) in [6, 6.07) is 12.8. The lowest BCUT2D eigenvalue weighted by Crippen LogP contribution is -2.54. The fraction of sp³-hybridized carbons (Fsp3) is 0.350. The molecule has 0 unspecified atom stereocenters. The maximum Gasteiger partial charge on any atom is 0.323 e. The number of carboxylic acid groups (broad SMARTS) is 1. The van der Waals surface area contributed by atoms with E-state index in [-0.39, 0.29) is 6.54 Å². The van der Waals surface area contributed by atoms with Crippen molar-refractivity contribution in [3.05, 3.63) is 59.7 Å². The van der Waals surface area contributed by atoms with E-state index in [0.717, 1.165) is 11.1 Å². The number of carbonyl (C=O) groups is 1. The van der Waals surface area contributed by atoms with E-state index in [1.807, 2.05) is 30.3 Å². The van der Waals surface area contributed by atoms with Gasteiger partial charge in [0.1, 0.15) is 6.04 Å². The van der Waals surface area contributed by atoms with Crippen LogP contribution in [0.3, 0.4) is 0 Å². The van der Waals surface area contributed by atoms with Crippen molar-refractivity contribution in [1.29, 1.82) is 0 Å². The average molecular weight is 374 g/mol. The third-order valence-corrected chi connectivity index (χ3v) is 4.33. The van der Waals surface area contributed by atoms with Crippen molar-refractivity contribution in [3.8, 4) is 11.5 Å². The Hall–Kier alpha value is -2.61. The van der Waals surface area contributed by atoms with Gasteiger partial charge in [0.2, 0.25) is 0 Å². The van der Waals surface area contributed by atoms with Crippen molar-refractivity contribution >= 4 is 5.97 Å². The Morgan fingerprint density at radius 1 is 1.07 bits per heavy atom. The summed E-state index contributed by atoms with van der Waals surface area (Å²) in [5.41, 5.74) is 7.78. The van der Waals surface area contributed by atoms with Gasteiger partial charge in [-0.05, 0) is 29.7 Å². The average Bonchev–Trinajstić information content (AvgIpc) is 2.68. The largest absolute Gasteiger partial charge is 0.493 e. The highest BCUT2D eigenvalue weighted by atomic mass is 16.5. The maximum atomic E-state index is 11.6. The molecule has 7 heteroatoms. The summed E-state index contributed by atoms with van der Waals surface area (Å²) < 4.78 is 10.4. The van der Waals surface area contributed by atoms with Crippen molar-refractivity contribution in [2.45, 2.75) is 31.2 Å². The summed E-state index contributed by atoms with van der Waals surface area (Å²) >= 11 is 0. The minimum Gasteiger partial charge on any atom is -0.493 e. The molecule has 5 N–H and O–H groups in total. The number of aliphatic carboxylic acids is 1. The molecule has 3 atom stereocenters. The van der Waals surface area contributed by atoms with E-state index in [1.54, 1.807) is 25.3 Å². The van der Waals surface area contributed by atoms with Crippen molar-refractivity contribution in [2.75, 3.05) is 14.2 Å². The van der Waals surface area contributed by atoms with Gasteiger partial charge in [0, 0.05) is 12.6 Å². The number of hydrogen-bond donors (Lipinski definition) is 4. The fourth-order valence-corrected chi connectivity index (χ4v) is 2.83. The number of aliphatic hydroxyl groups is 1. The molecule has 2 rings (SSSR count). The van der Waals surface area contributed by atoms with Gasteiger partial charge in [-0.3, -0.25) is 10.1 Å². The maximum absolute atomic E-state index is 11.6. The lowest BCUT2D eigenvalue weighted by Gasteiger charge is -2.26. The molecule has 0 aliphatic carbocycles. The van der Waals surface area contributed by atoms with E-state index < -0.39 is 24.2 Å². The van der Waals surface area contributed by atoms with Crippen molar-refractivity contribution in [3.63, 3.8) is 0 Å². The summed E-state index contributed by atoms with van der Waals surface area (Å²) in [4.78, 5) is 11.6. The Kier molecular flexibility index (Phi) is 7.60. The molecule has 0 saturated carbocycles. The van der Waals surface area contributed by atoms with E-state index in [1.165, 1.54) is 7.11 Å². The number of nitrogens with two attached hydrogens (primary N) is 1. The van der Waals surface area contributed by atoms with Crippen molar-refractivity contribution < 1.29 is 24.5 Å². The molecule has 27 heavy (non-hydrogen) atoms. The SMILES string of the molecule is COc1ccc(CN[C@@H](C(=O)O)[C@H](O)[C@@H](N)Cc2ccccc2)cc1OC. The van der Waals surface area contributed by atoms with Gasteiger partial charge in [0.25, 0.3) is 0 Å². The van der Waals surface area contributed by atoms with Gasteiger partial charge in [-0.25, -0.2) is 0 Å². The van der Waals surface area contributed by atoms with Crippen LogP contribution in [0.5, 0.6) is 11.5 Å². The zero-order valence-electron chi connectivity index (χ0n) is 15.5. The number of rotatable bonds is 10. The van der Waals surface area contributed by atoms with Gasteiger partial charge >= 0.3 is 5.97 Å². The van der Waals surface area contributed by atoms with Crippen LogP contribution in [0.2, 0.25) is 0 Å². The van der Waals surface area contributed by atoms with E-state index >= 15 is 0 Å². The van der Waals surface area contributed by atoms with Crippen LogP contribution in [0.15, 0.2) is 48.5 Å². The first-order valence-corrected chi connectivity index (χ1v) is 8.61. The van der Waals surface area contributed by atoms with Crippen LogP contribution in [0.4, 0.5) is 0 Å². The predicted molar refractivity (Wildman–Crippen MR) is 102 cm³/mol. The summed E-state index contributed by atoms with van der Waals surface area (Å²) in [6.07, 6.45) is -0.869. The lowest BCUT2D eigenvalue weighted by atomic mass is 9.97. The monoisotopic (exact) mass is 374 g/mol. The van der Waals surface area contributed by atoms with Crippen LogP contribution in [0.1, 0.15) is 11.1 Å². The minimum atomic E-state index is -1.25. The highest BCUT2D eigenvalue weighted by Crippen LogP contribution is 2.27. The Morgan fingerprint density at radius 3 is 2.33 bits per heavy atom. The van der Waals surface area contributed by atoms with Crippen LogP contribution in [-0.2, 0) is 17.8 Å². The number of ether oxygens (including phenoxy) is 2. The Balaban J connectivity index is 2.03. The molecule has 2 aromatic rings. The van der Waals surface area contributed by atoms with Gasteiger partial charge in [0.05, 0.1) is 20.3 Å². The second kappa shape index (κ2) is 9.91. The Labute approximate surface area is 158 Å². The molecular weight excluding hydrogens is 348 g/mol. The van der Waals surface area contributed by atoms with Gasteiger partial charge in [-0.2, -0.15) is 0 Å². The second-order valence-corrected chi connectivity index (χ2v) is 6.23. The van der Waals surface area contributed by atoms with Crippen LogP contribution in [0.25, 0.3) is 0 Å². The lowest BCUT2D eigenvalue weighted by molar-refractivity contribution is -0.143. The van der Waals surface area contributed by atoms with Crippen molar-refractivity contribution in [2.24, 2.45) is 5.73 Å². The zero-order chi connectivity index (χ0) is 19.8. The molecule has 0 spiro atoms. The third-order valence-electron chi connectivity index (χ3n) is 4.33. The van der Waals surface area contributed by atoms with E-state index in [9.17, 15) is 15.0 Å². The molecular formula is C20H26N2O5. The molecule has 146 valence electrons. The molecule has 0 aromatic heterocycles. The molecule has 0 radical (unpaired) electrons. The first-order chi connectivity index (χ1) is 13.0. The first kappa shape index (κ1) is 20.7. The van der Waals surface area contributed by atoms with Gasteiger partial charge in [-0.15, -0.1) is 0 Å². The molecule has 0 amide bonds. The number of nitrogens with one attached hydrogen (secondary N) is 1. The summed E-state index contributed by atoms with van der Waals surface area (Å²) in [5.74, 6) is -0.0301. The highest BCUT2D eigenvalue weighted by Gasteiger charge is 2.30. The van der Waals surface area contributed by atoms with E-state index in [2.05, 4.69) is 5.32 Å². The summed E-state index contributed by atoms with van der Waals surface area (Å²) in [6.45, 7) is 0.229. The van der Waals surface area contributed by atoms with Crippen LogP contribution in [0, 0.1) is 0 Å².